The van der Waals surface area contributed by atoms with Crippen LogP contribution < -0.4 is 10.6 Å². The molecular formula is C15H27ClN4. The van der Waals surface area contributed by atoms with Crippen LogP contribution in [0.4, 0.5) is 5.82 Å². The van der Waals surface area contributed by atoms with Crippen LogP contribution in [0.3, 0.4) is 0 Å². The van der Waals surface area contributed by atoms with Crippen LogP contribution in [0, 0.1) is 5.41 Å². The van der Waals surface area contributed by atoms with Gasteiger partial charge in [0.25, 0.3) is 0 Å². The SMILES string of the molecule is CCN(C)c1ccc(CN2CCC(C)(CN)C2)cn1.Cl. The van der Waals surface area contributed by atoms with Crippen LogP contribution >= 0.6 is 12.4 Å². The van der Waals surface area contributed by atoms with Crippen LogP contribution in [0.25, 0.3) is 0 Å². The molecule has 0 amide bonds. The maximum atomic E-state index is 5.85. The maximum Gasteiger partial charge on any atom is 0.128 e. The molecule has 0 radical (unpaired) electrons. The number of halogens is 1. The second-order valence-electron chi connectivity index (χ2n) is 6.01. The number of likely N-dealkylation sites (tertiary alicyclic amines) is 1. The van der Waals surface area contributed by atoms with Crippen LogP contribution in [0.15, 0.2) is 18.3 Å². The third kappa shape index (κ3) is 4.08. The highest BCUT2D eigenvalue weighted by atomic mass is 35.5. The first-order chi connectivity index (χ1) is 9.06. The monoisotopic (exact) mass is 298 g/mol. The highest BCUT2D eigenvalue weighted by molar-refractivity contribution is 5.85. The summed E-state index contributed by atoms with van der Waals surface area (Å²) < 4.78 is 0. The minimum Gasteiger partial charge on any atom is -0.360 e. The van der Waals surface area contributed by atoms with E-state index in [0.29, 0.717) is 5.41 Å². The van der Waals surface area contributed by atoms with Crippen LogP contribution in [-0.4, -0.2) is 43.1 Å². The lowest BCUT2D eigenvalue weighted by Gasteiger charge is -2.22. The minimum atomic E-state index is 0. The fourth-order valence-electron chi connectivity index (χ4n) is 2.58. The second kappa shape index (κ2) is 7.25. The molecule has 1 aliphatic heterocycles. The lowest BCUT2D eigenvalue weighted by atomic mass is 9.90. The molecule has 5 heteroatoms. The second-order valence-corrected chi connectivity index (χ2v) is 6.01. The molecule has 2 heterocycles. The number of nitrogens with two attached hydrogens (primary N) is 1. The molecule has 1 aromatic rings. The van der Waals surface area contributed by atoms with Crippen molar-refractivity contribution in [2.24, 2.45) is 11.1 Å². The molecule has 1 fully saturated rings. The van der Waals surface area contributed by atoms with Crippen LogP contribution in [0.1, 0.15) is 25.8 Å². The van der Waals surface area contributed by atoms with Gasteiger partial charge in [0.1, 0.15) is 5.82 Å². The molecule has 4 nitrogen and oxygen atoms in total. The number of hydrogen-bond acceptors (Lipinski definition) is 4. The molecule has 1 aromatic heterocycles. The molecule has 1 saturated heterocycles. The van der Waals surface area contributed by atoms with Gasteiger partial charge in [0.2, 0.25) is 0 Å². The number of anilines is 1. The van der Waals surface area contributed by atoms with Gasteiger partial charge in [0.05, 0.1) is 0 Å². The van der Waals surface area contributed by atoms with Crippen molar-refractivity contribution in [2.75, 3.05) is 38.1 Å². The third-order valence-electron chi connectivity index (χ3n) is 4.21. The maximum absolute atomic E-state index is 5.85. The Bertz CT molecular complexity index is 409. The summed E-state index contributed by atoms with van der Waals surface area (Å²) in [5, 5.41) is 0. The van der Waals surface area contributed by atoms with Crippen molar-refractivity contribution in [2.45, 2.75) is 26.8 Å². The van der Waals surface area contributed by atoms with Crippen LogP contribution in [0.5, 0.6) is 0 Å². The van der Waals surface area contributed by atoms with Gasteiger partial charge in [-0.2, -0.15) is 0 Å². The summed E-state index contributed by atoms with van der Waals surface area (Å²) in [6.45, 7) is 9.40. The first kappa shape index (κ1) is 17.2. The number of aromatic nitrogens is 1. The van der Waals surface area contributed by atoms with E-state index in [1.807, 2.05) is 6.20 Å². The summed E-state index contributed by atoms with van der Waals surface area (Å²) in [6.07, 6.45) is 3.20. The third-order valence-corrected chi connectivity index (χ3v) is 4.21. The van der Waals surface area contributed by atoms with Gasteiger partial charge in [-0.25, -0.2) is 4.98 Å². The van der Waals surface area contributed by atoms with Gasteiger partial charge >= 0.3 is 0 Å². The average molecular weight is 299 g/mol. The van der Waals surface area contributed by atoms with E-state index in [1.165, 1.54) is 12.0 Å². The zero-order valence-electron chi connectivity index (χ0n) is 12.8. The Balaban J connectivity index is 0.00000200. The average Bonchev–Trinajstić information content (AvgIpc) is 2.81. The number of nitrogens with zero attached hydrogens (tertiary/aromatic N) is 3. The summed E-state index contributed by atoms with van der Waals surface area (Å²) >= 11 is 0. The lowest BCUT2D eigenvalue weighted by molar-refractivity contribution is 0.274. The Morgan fingerprint density at radius 3 is 2.70 bits per heavy atom. The molecule has 0 saturated carbocycles. The topological polar surface area (TPSA) is 45.4 Å². The normalized spacial score (nSPS) is 22.6. The van der Waals surface area contributed by atoms with Crippen molar-refractivity contribution in [3.63, 3.8) is 0 Å². The first-order valence-corrected chi connectivity index (χ1v) is 7.15. The first-order valence-electron chi connectivity index (χ1n) is 7.15. The Hall–Kier alpha value is -0.840. The van der Waals surface area contributed by atoms with E-state index in [2.05, 4.69) is 47.8 Å². The summed E-state index contributed by atoms with van der Waals surface area (Å²) in [6, 6.07) is 4.30. The van der Waals surface area contributed by atoms with E-state index in [4.69, 9.17) is 5.73 Å². The van der Waals surface area contributed by atoms with Crippen LogP contribution in [0.2, 0.25) is 0 Å². The standard InChI is InChI=1S/C15H26N4.ClH/c1-4-18(3)14-6-5-13(9-17-14)10-19-8-7-15(2,11-16)12-19;/h5-6,9H,4,7-8,10-12,16H2,1-3H3;1H. The minimum absolute atomic E-state index is 0. The van der Waals surface area contributed by atoms with E-state index < -0.39 is 0 Å². The van der Waals surface area contributed by atoms with Crippen molar-refractivity contribution < 1.29 is 0 Å². The molecule has 1 atom stereocenters. The highest BCUT2D eigenvalue weighted by Gasteiger charge is 2.32. The molecule has 0 bridgehead atoms. The van der Waals surface area contributed by atoms with Crippen molar-refractivity contribution in [3.8, 4) is 0 Å². The molecule has 1 unspecified atom stereocenters. The summed E-state index contributed by atoms with van der Waals surface area (Å²) in [7, 11) is 2.06. The predicted molar refractivity (Wildman–Crippen MR) is 87.5 cm³/mol. The molecule has 2 rings (SSSR count). The van der Waals surface area contributed by atoms with Gasteiger partial charge in [0, 0.05) is 32.9 Å². The van der Waals surface area contributed by atoms with Gasteiger partial charge in [-0.3, -0.25) is 4.90 Å². The Morgan fingerprint density at radius 1 is 1.45 bits per heavy atom. The van der Waals surface area contributed by atoms with Crippen molar-refractivity contribution in [1.82, 2.24) is 9.88 Å². The van der Waals surface area contributed by atoms with Gasteiger partial charge in [-0.05, 0) is 43.5 Å². The molecule has 2 N–H and O–H groups in total. The van der Waals surface area contributed by atoms with Gasteiger partial charge in [-0.1, -0.05) is 13.0 Å². The fourth-order valence-corrected chi connectivity index (χ4v) is 2.58. The lowest BCUT2D eigenvalue weighted by Crippen LogP contribution is -2.31. The molecule has 1 aliphatic rings. The van der Waals surface area contributed by atoms with Gasteiger partial charge < -0.3 is 10.6 Å². The predicted octanol–water partition coefficient (Wildman–Crippen LogP) is 2.13. The van der Waals surface area contributed by atoms with E-state index in [0.717, 1.165) is 38.5 Å². The fraction of sp³-hybridized carbons (Fsp3) is 0.667. The van der Waals surface area contributed by atoms with E-state index in [9.17, 15) is 0 Å². The number of pyridine rings is 1. The molecule has 114 valence electrons. The molecule has 0 spiro atoms. The Morgan fingerprint density at radius 2 is 2.20 bits per heavy atom. The van der Waals surface area contributed by atoms with Crippen molar-refractivity contribution in [1.29, 1.82) is 0 Å². The van der Waals surface area contributed by atoms with E-state index in [-0.39, 0.29) is 12.4 Å². The zero-order chi connectivity index (χ0) is 13.9. The van der Waals surface area contributed by atoms with Gasteiger partial charge in [0.15, 0.2) is 0 Å². The smallest absolute Gasteiger partial charge is 0.128 e. The Labute approximate surface area is 128 Å². The van der Waals surface area contributed by atoms with E-state index in [1.54, 1.807) is 0 Å². The Kier molecular flexibility index (Phi) is 6.24. The molecular weight excluding hydrogens is 272 g/mol. The molecule has 0 aromatic carbocycles. The summed E-state index contributed by atoms with van der Waals surface area (Å²) in [4.78, 5) is 9.15. The highest BCUT2D eigenvalue weighted by Crippen LogP contribution is 2.29. The van der Waals surface area contributed by atoms with Crippen molar-refractivity contribution >= 4 is 18.2 Å². The quantitative estimate of drug-likeness (QED) is 0.904. The summed E-state index contributed by atoms with van der Waals surface area (Å²) in [5.74, 6) is 1.04. The van der Waals surface area contributed by atoms with E-state index >= 15 is 0 Å². The van der Waals surface area contributed by atoms with Crippen molar-refractivity contribution in [3.05, 3.63) is 23.9 Å². The zero-order valence-corrected chi connectivity index (χ0v) is 13.6. The number of rotatable bonds is 5. The number of hydrogen-bond donors (Lipinski definition) is 1. The van der Waals surface area contributed by atoms with Gasteiger partial charge in [-0.15, -0.1) is 12.4 Å². The molecule has 20 heavy (non-hydrogen) atoms. The largest absolute Gasteiger partial charge is 0.360 e. The van der Waals surface area contributed by atoms with Crippen LogP contribution in [-0.2, 0) is 6.54 Å². The summed E-state index contributed by atoms with van der Waals surface area (Å²) in [5.41, 5.74) is 7.44. The molecule has 0 aliphatic carbocycles.